The van der Waals surface area contributed by atoms with Crippen molar-refractivity contribution >= 4 is 27.7 Å². The van der Waals surface area contributed by atoms with E-state index in [0.717, 1.165) is 11.1 Å². The van der Waals surface area contributed by atoms with Crippen LogP contribution in [0.1, 0.15) is 56.8 Å². The van der Waals surface area contributed by atoms with Gasteiger partial charge >= 0.3 is 0 Å². The second kappa shape index (κ2) is 11.7. The quantitative estimate of drug-likeness (QED) is 0.325. The average Bonchev–Trinajstić information content (AvgIpc) is 3.35. The molecule has 5 rings (SSSR count). The first-order valence-electron chi connectivity index (χ1n) is 13.1. The van der Waals surface area contributed by atoms with Gasteiger partial charge in [-0.3, -0.25) is 9.59 Å². The highest BCUT2D eigenvalue weighted by atomic mass is 79.9. The summed E-state index contributed by atoms with van der Waals surface area (Å²) < 4.78 is 16.3. The SMILES string of the molecule is Cc1cccc(CNC(=O)c2ccc(C(=O)N3CCCC(O)(c4cn(-c5ccc(Br)cc5F)nn4)CC3)cc2)c1. The van der Waals surface area contributed by atoms with Crippen molar-refractivity contribution in [1.29, 1.82) is 0 Å². The standard InChI is InChI=1S/C30H29BrFN5O3/c1-20-4-2-5-21(16-20)18-33-28(38)22-6-8-23(9-7-22)29(39)36-14-3-12-30(40,13-15-36)27-19-37(35-34-27)26-11-10-24(31)17-25(26)32/h2,4-11,16-17,19,40H,3,12-15,18H2,1H3,(H,33,38). The lowest BCUT2D eigenvalue weighted by Gasteiger charge is -2.24. The van der Waals surface area contributed by atoms with Crippen LogP contribution in [-0.4, -0.2) is 49.9 Å². The molecule has 2 amide bonds. The van der Waals surface area contributed by atoms with Crippen LogP contribution in [0.3, 0.4) is 0 Å². The lowest BCUT2D eigenvalue weighted by Crippen LogP contribution is -2.34. The number of aryl methyl sites for hydroxylation is 1. The van der Waals surface area contributed by atoms with E-state index in [-0.39, 0.29) is 23.9 Å². The summed E-state index contributed by atoms with van der Waals surface area (Å²) in [6.45, 7) is 3.21. The number of amides is 2. The van der Waals surface area contributed by atoms with Crippen molar-refractivity contribution in [1.82, 2.24) is 25.2 Å². The summed E-state index contributed by atoms with van der Waals surface area (Å²) in [5, 5.41) is 22.5. The van der Waals surface area contributed by atoms with Gasteiger partial charge in [0.05, 0.1) is 6.20 Å². The van der Waals surface area contributed by atoms with Crippen LogP contribution in [0.25, 0.3) is 5.69 Å². The van der Waals surface area contributed by atoms with E-state index in [9.17, 15) is 19.1 Å². The Bertz CT molecular complexity index is 1540. The lowest BCUT2D eigenvalue weighted by molar-refractivity contribution is 0.0170. The second-order valence-electron chi connectivity index (χ2n) is 10.1. The number of benzene rings is 3. The third kappa shape index (κ3) is 6.13. The summed E-state index contributed by atoms with van der Waals surface area (Å²) >= 11 is 3.24. The fourth-order valence-electron chi connectivity index (χ4n) is 4.89. The van der Waals surface area contributed by atoms with E-state index in [2.05, 4.69) is 31.6 Å². The van der Waals surface area contributed by atoms with E-state index in [1.807, 2.05) is 31.2 Å². The summed E-state index contributed by atoms with van der Waals surface area (Å²) in [4.78, 5) is 27.5. The van der Waals surface area contributed by atoms with Crippen LogP contribution in [0.15, 0.2) is 77.4 Å². The number of hydrogen-bond donors (Lipinski definition) is 2. The molecule has 0 bridgehead atoms. The third-order valence-electron chi connectivity index (χ3n) is 7.16. The van der Waals surface area contributed by atoms with Gasteiger partial charge in [-0.25, -0.2) is 9.07 Å². The number of rotatable bonds is 6. The number of aromatic nitrogens is 3. The molecule has 40 heavy (non-hydrogen) atoms. The first-order valence-corrected chi connectivity index (χ1v) is 13.8. The van der Waals surface area contributed by atoms with Gasteiger partial charge in [0, 0.05) is 35.2 Å². The van der Waals surface area contributed by atoms with Crippen LogP contribution in [-0.2, 0) is 12.1 Å². The predicted molar refractivity (Wildman–Crippen MR) is 151 cm³/mol. The summed E-state index contributed by atoms with van der Waals surface area (Å²) in [7, 11) is 0. The monoisotopic (exact) mass is 605 g/mol. The van der Waals surface area contributed by atoms with Crippen molar-refractivity contribution in [3.63, 3.8) is 0 Å². The number of carbonyl (C=O) groups is 2. The van der Waals surface area contributed by atoms with Gasteiger partial charge in [0.2, 0.25) is 0 Å². The molecular weight excluding hydrogens is 577 g/mol. The maximum absolute atomic E-state index is 14.4. The molecular formula is C30H29BrFN5O3. The van der Waals surface area contributed by atoms with Crippen LogP contribution >= 0.6 is 15.9 Å². The maximum atomic E-state index is 14.4. The Labute approximate surface area is 240 Å². The minimum absolute atomic E-state index is 0.170. The molecule has 0 radical (unpaired) electrons. The summed E-state index contributed by atoms with van der Waals surface area (Å²) in [6.07, 6.45) is 2.74. The highest BCUT2D eigenvalue weighted by molar-refractivity contribution is 9.10. The molecule has 2 heterocycles. The van der Waals surface area contributed by atoms with E-state index in [1.165, 1.54) is 16.9 Å². The van der Waals surface area contributed by atoms with Crippen molar-refractivity contribution in [3.05, 3.63) is 111 Å². The minimum atomic E-state index is -1.29. The molecule has 1 aliphatic rings. The van der Waals surface area contributed by atoms with Gasteiger partial charge in [-0.1, -0.05) is 51.0 Å². The molecule has 1 aliphatic heterocycles. The van der Waals surface area contributed by atoms with E-state index >= 15 is 0 Å². The van der Waals surface area contributed by atoms with Crippen molar-refractivity contribution < 1.29 is 19.1 Å². The zero-order valence-electron chi connectivity index (χ0n) is 22.0. The van der Waals surface area contributed by atoms with Crippen LogP contribution in [0.5, 0.6) is 0 Å². The zero-order chi connectivity index (χ0) is 28.3. The Kier molecular flexibility index (Phi) is 8.09. The van der Waals surface area contributed by atoms with Crippen molar-refractivity contribution in [2.75, 3.05) is 13.1 Å². The zero-order valence-corrected chi connectivity index (χ0v) is 23.6. The molecule has 1 unspecified atom stereocenters. The van der Waals surface area contributed by atoms with Crippen molar-refractivity contribution in [2.45, 2.75) is 38.3 Å². The lowest BCUT2D eigenvalue weighted by atomic mass is 9.92. The number of aliphatic hydroxyl groups is 1. The van der Waals surface area contributed by atoms with E-state index in [4.69, 9.17) is 0 Å². The van der Waals surface area contributed by atoms with E-state index in [1.54, 1.807) is 41.3 Å². The fraction of sp³-hybridized carbons (Fsp3) is 0.267. The van der Waals surface area contributed by atoms with Gasteiger partial charge in [0.25, 0.3) is 11.8 Å². The third-order valence-corrected chi connectivity index (χ3v) is 7.65. The molecule has 0 saturated carbocycles. The van der Waals surface area contributed by atoms with Gasteiger partial charge in [-0.05, 0) is 74.2 Å². The first kappa shape index (κ1) is 27.7. The molecule has 2 N–H and O–H groups in total. The molecule has 3 aromatic carbocycles. The Balaban J connectivity index is 1.21. The van der Waals surface area contributed by atoms with E-state index < -0.39 is 11.4 Å². The van der Waals surface area contributed by atoms with Gasteiger partial charge in [-0.15, -0.1) is 5.10 Å². The molecule has 4 aromatic rings. The minimum Gasteiger partial charge on any atom is -0.383 e. The molecule has 0 spiro atoms. The summed E-state index contributed by atoms with van der Waals surface area (Å²) in [5.74, 6) is -0.849. The Morgan fingerprint density at radius 3 is 2.58 bits per heavy atom. The smallest absolute Gasteiger partial charge is 0.253 e. The molecule has 0 aliphatic carbocycles. The molecule has 8 nitrogen and oxygen atoms in total. The normalized spacial score (nSPS) is 17.4. The summed E-state index contributed by atoms with van der Waals surface area (Å²) in [5.41, 5.74) is 2.36. The first-order chi connectivity index (χ1) is 19.2. The second-order valence-corrected chi connectivity index (χ2v) is 11.0. The number of halogens is 2. The Hall–Kier alpha value is -3.89. The molecule has 206 valence electrons. The highest BCUT2D eigenvalue weighted by Gasteiger charge is 2.36. The van der Waals surface area contributed by atoms with E-state index in [0.29, 0.717) is 53.8 Å². The van der Waals surface area contributed by atoms with Gasteiger partial charge in [-0.2, -0.15) is 0 Å². The van der Waals surface area contributed by atoms with Crippen molar-refractivity contribution in [2.24, 2.45) is 0 Å². The number of hydrogen-bond acceptors (Lipinski definition) is 5. The van der Waals surface area contributed by atoms with Crippen molar-refractivity contribution in [3.8, 4) is 5.69 Å². The average molecular weight is 606 g/mol. The maximum Gasteiger partial charge on any atom is 0.253 e. The number of carbonyl (C=O) groups excluding carboxylic acids is 2. The van der Waals surface area contributed by atoms with Crippen LogP contribution in [0.2, 0.25) is 0 Å². The van der Waals surface area contributed by atoms with Gasteiger partial charge in [0.1, 0.15) is 22.8 Å². The summed E-state index contributed by atoms with van der Waals surface area (Å²) in [6, 6.07) is 19.2. The fourth-order valence-corrected chi connectivity index (χ4v) is 5.23. The molecule has 10 heteroatoms. The molecule has 1 saturated heterocycles. The Morgan fingerprint density at radius 2 is 1.82 bits per heavy atom. The molecule has 1 fully saturated rings. The van der Waals surface area contributed by atoms with Crippen LogP contribution in [0.4, 0.5) is 4.39 Å². The largest absolute Gasteiger partial charge is 0.383 e. The van der Waals surface area contributed by atoms with Crippen LogP contribution < -0.4 is 5.32 Å². The number of nitrogens with zero attached hydrogens (tertiary/aromatic N) is 4. The highest BCUT2D eigenvalue weighted by Crippen LogP contribution is 2.32. The van der Waals surface area contributed by atoms with Gasteiger partial charge < -0.3 is 15.3 Å². The predicted octanol–water partition coefficient (Wildman–Crippen LogP) is 4.92. The number of nitrogens with one attached hydrogen (secondary N) is 1. The topological polar surface area (TPSA) is 100 Å². The number of likely N-dealkylation sites (tertiary alicyclic amines) is 1. The van der Waals surface area contributed by atoms with Crippen LogP contribution in [0, 0.1) is 12.7 Å². The molecule has 1 aromatic heterocycles. The van der Waals surface area contributed by atoms with Gasteiger partial charge in [0.15, 0.2) is 0 Å². The Morgan fingerprint density at radius 1 is 1.05 bits per heavy atom. The molecule has 1 atom stereocenters.